The van der Waals surface area contributed by atoms with Crippen molar-refractivity contribution in [3.63, 3.8) is 0 Å². The van der Waals surface area contributed by atoms with Gasteiger partial charge in [0.25, 0.3) is 0 Å². The highest BCUT2D eigenvalue weighted by Crippen LogP contribution is 2.11. The van der Waals surface area contributed by atoms with E-state index in [0.717, 1.165) is 28.7 Å². The number of methoxy groups -OCH3 is 1. The van der Waals surface area contributed by atoms with Crippen LogP contribution >= 0.6 is 0 Å². The summed E-state index contributed by atoms with van der Waals surface area (Å²) in [7, 11) is 3.42. The summed E-state index contributed by atoms with van der Waals surface area (Å²) in [5.74, 6) is 1.58. The molecule has 3 rings (SSSR count). The van der Waals surface area contributed by atoms with Crippen molar-refractivity contribution in [2.45, 2.75) is 13.1 Å². The van der Waals surface area contributed by atoms with Gasteiger partial charge in [0, 0.05) is 19.8 Å². The summed E-state index contributed by atoms with van der Waals surface area (Å²) in [5, 5.41) is 11.2. The predicted octanol–water partition coefficient (Wildman–Crippen LogP) is 2.75. The number of nitrogens with zero attached hydrogens (tertiary/aromatic N) is 3. The van der Waals surface area contributed by atoms with Crippen LogP contribution in [0.1, 0.15) is 11.3 Å². The Morgan fingerprint density at radius 1 is 1.00 bits per heavy atom. The molecule has 0 aliphatic carbocycles. The molecule has 134 valence electrons. The number of rotatable bonds is 6. The van der Waals surface area contributed by atoms with E-state index in [1.807, 2.05) is 71.5 Å². The number of guanidine groups is 1. The molecule has 1 aromatic heterocycles. The maximum Gasteiger partial charge on any atom is 0.191 e. The first-order chi connectivity index (χ1) is 12.8. The number of nitrogens with one attached hydrogen (secondary N) is 2. The van der Waals surface area contributed by atoms with Gasteiger partial charge in [-0.1, -0.05) is 30.3 Å². The smallest absolute Gasteiger partial charge is 0.191 e. The fourth-order valence-electron chi connectivity index (χ4n) is 2.50. The topological polar surface area (TPSA) is 63.5 Å². The summed E-state index contributed by atoms with van der Waals surface area (Å²) in [6.07, 6.45) is 1.96. The van der Waals surface area contributed by atoms with Crippen molar-refractivity contribution in [2.24, 2.45) is 4.99 Å². The van der Waals surface area contributed by atoms with E-state index in [1.165, 1.54) is 0 Å². The molecule has 0 aliphatic rings. The minimum Gasteiger partial charge on any atom is -0.497 e. The minimum atomic E-state index is 0.599. The molecule has 0 fully saturated rings. The van der Waals surface area contributed by atoms with Crippen LogP contribution in [0.5, 0.6) is 5.75 Å². The maximum atomic E-state index is 5.17. The van der Waals surface area contributed by atoms with Crippen molar-refractivity contribution in [1.82, 2.24) is 20.4 Å². The monoisotopic (exact) mass is 349 g/mol. The number of hydrogen-bond donors (Lipinski definition) is 2. The molecule has 6 heteroatoms. The summed E-state index contributed by atoms with van der Waals surface area (Å²) in [5.41, 5.74) is 3.14. The Balaban J connectivity index is 1.52. The molecule has 26 heavy (non-hydrogen) atoms. The molecular formula is C20H23N5O. The SMILES string of the molecule is CN=C(NCc1ccc(OC)cc1)NCc1ccn(-c2ccccc2)n1. The molecule has 0 bridgehead atoms. The standard InChI is InChI=1S/C20H23N5O/c1-21-20(22-14-16-8-10-19(26-2)11-9-16)23-15-17-12-13-25(24-17)18-6-4-3-5-7-18/h3-13H,14-15H2,1-2H3,(H2,21,22,23). The molecule has 0 spiro atoms. The molecule has 3 aromatic rings. The number of aromatic nitrogens is 2. The molecule has 0 amide bonds. The molecular weight excluding hydrogens is 326 g/mol. The second-order valence-electron chi connectivity index (χ2n) is 5.71. The summed E-state index contributed by atoms with van der Waals surface area (Å²) in [4.78, 5) is 4.25. The molecule has 1 heterocycles. The van der Waals surface area contributed by atoms with E-state index in [1.54, 1.807) is 14.2 Å². The fourth-order valence-corrected chi connectivity index (χ4v) is 2.50. The Hall–Kier alpha value is -3.28. The lowest BCUT2D eigenvalue weighted by atomic mass is 10.2. The van der Waals surface area contributed by atoms with Crippen molar-refractivity contribution in [3.8, 4) is 11.4 Å². The average Bonchev–Trinajstić information content (AvgIpc) is 3.18. The van der Waals surface area contributed by atoms with E-state index in [9.17, 15) is 0 Å². The first-order valence-corrected chi connectivity index (χ1v) is 8.46. The third kappa shape index (κ3) is 4.63. The van der Waals surface area contributed by atoms with Gasteiger partial charge in [0.2, 0.25) is 0 Å². The number of benzene rings is 2. The van der Waals surface area contributed by atoms with Crippen molar-refractivity contribution >= 4 is 5.96 Å². The van der Waals surface area contributed by atoms with Gasteiger partial charge < -0.3 is 15.4 Å². The maximum absolute atomic E-state index is 5.17. The third-order valence-electron chi connectivity index (χ3n) is 3.94. The van der Waals surface area contributed by atoms with Crippen LogP contribution in [0.3, 0.4) is 0 Å². The van der Waals surface area contributed by atoms with Crippen LogP contribution in [0.2, 0.25) is 0 Å². The highest BCUT2D eigenvalue weighted by molar-refractivity contribution is 5.79. The molecule has 6 nitrogen and oxygen atoms in total. The first kappa shape index (κ1) is 17.5. The molecule has 0 aliphatic heterocycles. The van der Waals surface area contributed by atoms with Crippen LogP contribution < -0.4 is 15.4 Å². The second kappa shape index (κ2) is 8.71. The Bertz CT molecular complexity index is 840. The Labute approximate surface area is 153 Å². The minimum absolute atomic E-state index is 0.599. The van der Waals surface area contributed by atoms with Crippen LogP contribution in [0.15, 0.2) is 71.9 Å². The van der Waals surface area contributed by atoms with Crippen LogP contribution in [0.25, 0.3) is 5.69 Å². The van der Waals surface area contributed by atoms with Gasteiger partial charge in [-0.3, -0.25) is 4.99 Å². The molecule has 0 unspecified atom stereocenters. The van der Waals surface area contributed by atoms with Crippen LogP contribution in [-0.2, 0) is 13.1 Å². The van der Waals surface area contributed by atoms with Crippen LogP contribution in [-0.4, -0.2) is 29.9 Å². The molecule has 0 saturated heterocycles. The third-order valence-corrected chi connectivity index (χ3v) is 3.94. The zero-order chi connectivity index (χ0) is 18.2. The van der Waals surface area contributed by atoms with Gasteiger partial charge in [-0.2, -0.15) is 5.10 Å². The summed E-state index contributed by atoms with van der Waals surface area (Å²) >= 11 is 0. The van der Waals surface area contributed by atoms with Crippen molar-refractivity contribution in [2.75, 3.05) is 14.2 Å². The molecule has 0 atom stereocenters. The second-order valence-corrected chi connectivity index (χ2v) is 5.71. The first-order valence-electron chi connectivity index (χ1n) is 8.46. The van der Waals surface area contributed by atoms with Gasteiger partial charge in [0.1, 0.15) is 5.75 Å². The van der Waals surface area contributed by atoms with Crippen molar-refractivity contribution in [3.05, 3.63) is 78.1 Å². The molecule has 2 N–H and O–H groups in total. The molecule has 0 radical (unpaired) electrons. The van der Waals surface area contributed by atoms with Gasteiger partial charge in [-0.15, -0.1) is 0 Å². The lowest BCUT2D eigenvalue weighted by Gasteiger charge is -2.11. The molecule has 0 saturated carbocycles. The van der Waals surface area contributed by atoms with Gasteiger partial charge in [-0.05, 0) is 35.9 Å². The summed E-state index contributed by atoms with van der Waals surface area (Å²) in [6.45, 7) is 1.28. The normalized spacial score (nSPS) is 11.2. The molecule has 2 aromatic carbocycles. The van der Waals surface area contributed by atoms with E-state index >= 15 is 0 Å². The Morgan fingerprint density at radius 3 is 2.42 bits per heavy atom. The van der Waals surface area contributed by atoms with E-state index in [0.29, 0.717) is 13.1 Å². The Kier molecular flexibility index (Phi) is 5.88. The highest BCUT2D eigenvalue weighted by Gasteiger charge is 2.03. The highest BCUT2D eigenvalue weighted by atomic mass is 16.5. The summed E-state index contributed by atoms with van der Waals surface area (Å²) < 4.78 is 7.04. The van der Waals surface area contributed by atoms with Gasteiger partial charge in [-0.25, -0.2) is 4.68 Å². The van der Waals surface area contributed by atoms with E-state index in [4.69, 9.17) is 4.74 Å². The van der Waals surface area contributed by atoms with E-state index in [-0.39, 0.29) is 0 Å². The number of aliphatic imine (C=N–C) groups is 1. The van der Waals surface area contributed by atoms with Crippen LogP contribution in [0.4, 0.5) is 0 Å². The number of hydrogen-bond acceptors (Lipinski definition) is 3. The lowest BCUT2D eigenvalue weighted by molar-refractivity contribution is 0.414. The lowest BCUT2D eigenvalue weighted by Crippen LogP contribution is -2.36. The zero-order valence-corrected chi connectivity index (χ0v) is 15.0. The van der Waals surface area contributed by atoms with Gasteiger partial charge in [0.05, 0.1) is 25.0 Å². The average molecular weight is 349 g/mol. The predicted molar refractivity (Wildman–Crippen MR) is 104 cm³/mol. The van der Waals surface area contributed by atoms with Crippen molar-refractivity contribution < 1.29 is 4.74 Å². The van der Waals surface area contributed by atoms with Gasteiger partial charge in [0.15, 0.2) is 5.96 Å². The quantitative estimate of drug-likeness (QED) is 0.531. The van der Waals surface area contributed by atoms with E-state index in [2.05, 4.69) is 20.7 Å². The van der Waals surface area contributed by atoms with Crippen LogP contribution in [0, 0.1) is 0 Å². The fraction of sp³-hybridized carbons (Fsp3) is 0.200. The summed E-state index contributed by atoms with van der Waals surface area (Å²) in [6, 6.07) is 20.0. The zero-order valence-electron chi connectivity index (χ0n) is 15.0. The largest absolute Gasteiger partial charge is 0.497 e. The van der Waals surface area contributed by atoms with Gasteiger partial charge >= 0.3 is 0 Å². The Morgan fingerprint density at radius 2 is 1.73 bits per heavy atom. The van der Waals surface area contributed by atoms with Crippen molar-refractivity contribution in [1.29, 1.82) is 0 Å². The number of ether oxygens (including phenoxy) is 1. The number of para-hydroxylation sites is 1. The van der Waals surface area contributed by atoms with E-state index < -0.39 is 0 Å².